The van der Waals surface area contributed by atoms with Gasteiger partial charge in [0.1, 0.15) is 5.75 Å². The zero-order chi connectivity index (χ0) is 28.6. The van der Waals surface area contributed by atoms with Crippen molar-refractivity contribution in [2.24, 2.45) is 11.3 Å². The van der Waals surface area contributed by atoms with Crippen LogP contribution in [-0.4, -0.2) is 30.9 Å². The Morgan fingerprint density at radius 3 is 2.51 bits per heavy atom. The highest BCUT2D eigenvalue weighted by atomic mass is 16.5. The minimum Gasteiger partial charge on any atom is -0.494 e. The molecule has 1 unspecified atom stereocenters. The zero-order valence-corrected chi connectivity index (χ0v) is 24.7. The van der Waals surface area contributed by atoms with Crippen molar-refractivity contribution in [3.8, 4) is 16.9 Å². The largest absolute Gasteiger partial charge is 0.494 e. The van der Waals surface area contributed by atoms with E-state index in [0.717, 1.165) is 76.3 Å². The van der Waals surface area contributed by atoms with Crippen molar-refractivity contribution >= 4 is 11.7 Å². The van der Waals surface area contributed by atoms with Gasteiger partial charge in [0, 0.05) is 31.4 Å². The Hall–Kier alpha value is -3.31. The van der Waals surface area contributed by atoms with Crippen LogP contribution >= 0.6 is 0 Å². The highest BCUT2D eigenvalue weighted by Gasteiger charge is 2.54. The minimum atomic E-state index is -0.690. The lowest BCUT2D eigenvalue weighted by molar-refractivity contribution is -0.137. The van der Waals surface area contributed by atoms with Crippen molar-refractivity contribution in [2.45, 2.75) is 78.2 Å². The molecule has 1 aliphatic heterocycles. The Kier molecular flexibility index (Phi) is 7.82. The van der Waals surface area contributed by atoms with Crippen LogP contribution in [0.1, 0.15) is 77.8 Å². The van der Waals surface area contributed by atoms with Crippen LogP contribution in [0, 0.1) is 32.1 Å². The fourth-order valence-corrected chi connectivity index (χ4v) is 7.38. The lowest BCUT2D eigenvalue weighted by Gasteiger charge is -2.22. The molecule has 0 aromatic heterocycles. The number of anilines is 1. The molecular formula is C36H43NO4. The Bertz CT molecular complexity index is 1410. The van der Waals surface area contributed by atoms with E-state index < -0.39 is 5.97 Å². The predicted molar refractivity (Wildman–Crippen MR) is 164 cm³/mol. The summed E-state index contributed by atoms with van der Waals surface area (Å²) in [6, 6.07) is 17.5. The van der Waals surface area contributed by atoms with Gasteiger partial charge in [0.15, 0.2) is 0 Å². The third kappa shape index (κ3) is 5.88. The standard InChI is InChI=1S/C36H43NO4/c1-23-17-30(41-16-11-26-9-14-40-15-10-26)18-24(2)35(23)31-6-4-5-27(25(31)3)22-37-29-7-8-32-28(19-29)21-36(12-13-36)33(32)20-34(38)39/h4-8,17-19,26,33,37H,9-16,20-22H2,1-3H3,(H,38,39). The van der Waals surface area contributed by atoms with Gasteiger partial charge >= 0.3 is 5.97 Å². The number of carbonyl (C=O) groups is 1. The van der Waals surface area contributed by atoms with Crippen molar-refractivity contribution in [3.63, 3.8) is 0 Å². The average Bonchev–Trinajstić information content (AvgIpc) is 3.66. The molecule has 0 radical (unpaired) electrons. The summed E-state index contributed by atoms with van der Waals surface area (Å²) in [6.45, 7) is 9.86. The van der Waals surface area contributed by atoms with Crippen molar-refractivity contribution in [2.75, 3.05) is 25.1 Å². The van der Waals surface area contributed by atoms with Crippen molar-refractivity contribution in [1.82, 2.24) is 0 Å². The first kappa shape index (κ1) is 27.8. The number of aryl methyl sites for hydroxylation is 2. The zero-order valence-electron chi connectivity index (χ0n) is 24.7. The summed E-state index contributed by atoms with van der Waals surface area (Å²) in [5.41, 5.74) is 11.5. The average molecular weight is 554 g/mol. The molecule has 1 spiro atoms. The molecule has 0 bridgehead atoms. The number of carboxylic acids is 1. The monoisotopic (exact) mass is 553 g/mol. The fourth-order valence-electron chi connectivity index (χ4n) is 7.38. The van der Waals surface area contributed by atoms with Gasteiger partial charge in [0.05, 0.1) is 13.0 Å². The quantitative estimate of drug-likeness (QED) is 0.266. The molecule has 2 fully saturated rings. The predicted octanol–water partition coefficient (Wildman–Crippen LogP) is 7.98. The number of hydrogen-bond acceptors (Lipinski definition) is 4. The van der Waals surface area contributed by atoms with Crippen LogP contribution in [-0.2, 0) is 22.5 Å². The van der Waals surface area contributed by atoms with Gasteiger partial charge in [-0.2, -0.15) is 0 Å². The Morgan fingerprint density at radius 2 is 1.80 bits per heavy atom. The first-order chi connectivity index (χ1) is 19.8. The van der Waals surface area contributed by atoms with E-state index in [4.69, 9.17) is 9.47 Å². The van der Waals surface area contributed by atoms with E-state index in [9.17, 15) is 9.90 Å². The van der Waals surface area contributed by atoms with Crippen LogP contribution in [0.2, 0.25) is 0 Å². The van der Waals surface area contributed by atoms with Crippen LogP contribution in [0.3, 0.4) is 0 Å². The molecule has 5 heteroatoms. The summed E-state index contributed by atoms with van der Waals surface area (Å²) >= 11 is 0. The number of carboxylic acid groups (broad SMARTS) is 1. The molecule has 1 saturated heterocycles. The second-order valence-corrected chi connectivity index (χ2v) is 12.7. The number of ether oxygens (including phenoxy) is 2. The highest BCUT2D eigenvalue weighted by Crippen LogP contribution is 2.64. The van der Waals surface area contributed by atoms with E-state index in [0.29, 0.717) is 5.92 Å². The molecule has 2 N–H and O–H groups in total. The molecule has 2 aliphatic carbocycles. The third-order valence-electron chi connectivity index (χ3n) is 9.91. The Morgan fingerprint density at radius 1 is 1.05 bits per heavy atom. The summed E-state index contributed by atoms with van der Waals surface area (Å²) in [6.07, 6.45) is 6.93. The van der Waals surface area contributed by atoms with E-state index in [-0.39, 0.29) is 17.8 Å². The highest BCUT2D eigenvalue weighted by molar-refractivity contribution is 5.75. The van der Waals surface area contributed by atoms with Crippen LogP contribution < -0.4 is 10.1 Å². The van der Waals surface area contributed by atoms with Crippen LogP contribution in [0.25, 0.3) is 11.1 Å². The third-order valence-corrected chi connectivity index (χ3v) is 9.91. The SMILES string of the molecule is Cc1cc(OCCC2CCOCC2)cc(C)c1-c1cccc(CNc2ccc3c(c2)CC2(CC2)C3CC(=O)O)c1C. The van der Waals surface area contributed by atoms with Gasteiger partial charge in [-0.25, -0.2) is 0 Å². The van der Waals surface area contributed by atoms with Crippen LogP contribution in [0.4, 0.5) is 5.69 Å². The van der Waals surface area contributed by atoms with Gasteiger partial charge in [0.25, 0.3) is 0 Å². The van der Waals surface area contributed by atoms with Crippen LogP contribution in [0.5, 0.6) is 5.75 Å². The molecule has 1 saturated carbocycles. The van der Waals surface area contributed by atoms with Gasteiger partial charge in [-0.3, -0.25) is 4.79 Å². The molecule has 1 atom stereocenters. The number of fused-ring (bicyclic) bond motifs is 1. The van der Waals surface area contributed by atoms with E-state index in [1.54, 1.807) is 0 Å². The van der Waals surface area contributed by atoms with Crippen molar-refractivity contribution < 1.29 is 19.4 Å². The summed E-state index contributed by atoms with van der Waals surface area (Å²) in [4.78, 5) is 11.5. The van der Waals surface area contributed by atoms with Gasteiger partial charge < -0.3 is 19.9 Å². The first-order valence-electron chi connectivity index (χ1n) is 15.3. The second kappa shape index (κ2) is 11.5. The maximum Gasteiger partial charge on any atom is 0.303 e. The summed E-state index contributed by atoms with van der Waals surface area (Å²) in [5.74, 6) is 1.15. The fraction of sp³-hybridized carbons (Fsp3) is 0.472. The molecule has 3 aromatic carbocycles. The van der Waals surface area contributed by atoms with Gasteiger partial charge in [-0.15, -0.1) is 0 Å². The molecule has 0 amide bonds. The minimum absolute atomic E-state index is 0.165. The topological polar surface area (TPSA) is 67.8 Å². The number of nitrogens with one attached hydrogen (secondary N) is 1. The second-order valence-electron chi connectivity index (χ2n) is 12.7. The molecular weight excluding hydrogens is 510 g/mol. The van der Waals surface area contributed by atoms with E-state index >= 15 is 0 Å². The molecule has 1 heterocycles. The molecule has 3 aromatic rings. The molecule has 5 nitrogen and oxygen atoms in total. The van der Waals surface area contributed by atoms with Crippen molar-refractivity contribution in [1.29, 1.82) is 0 Å². The summed E-state index contributed by atoms with van der Waals surface area (Å²) in [7, 11) is 0. The summed E-state index contributed by atoms with van der Waals surface area (Å²) in [5, 5.41) is 13.1. The van der Waals surface area contributed by atoms with Gasteiger partial charge in [-0.1, -0.05) is 24.3 Å². The molecule has 41 heavy (non-hydrogen) atoms. The van der Waals surface area contributed by atoms with E-state index in [2.05, 4.69) is 74.6 Å². The lowest BCUT2D eigenvalue weighted by atomic mass is 9.87. The molecule has 3 aliphatic rings. The normalized spacial score (nSPS) is 19.2. The number of benzene rings is 3. The number of rotatable bonds is 10. The number of hydrogen-bond donors (Lipinski definition) is 2. The summed E-state index contributed by atoms with van der Waals surface area (Å²) < 4.78 is 11.7. The van der Waals surface area contributed by atoms with E-state index in [1.807, 2.05) is 0 Å². The molecule has 6 rings (SSSR count). The smallest absolute Gasteiger partial charge is 0.303 e. The Balaban J connectivity index is 1.13. The number of aliphatic carboxylic acids is 1. The van der Waals surface area contributed by atoms with Crippen LogP contribution in [0.15, 0.2) is 48.5 Å². The lowest BCUT2D eigenvalue weighted by Crippen LogP contribution is -2.17. The first-order valence-corrected chi connectivity index (χ1v) is 15.3. The molecule has 216 valence electrons. The van der Waals surface area contributed by atoms with E-state index in [1.165, 1.54) is 44.5 Å². The Labute approximate surface area is 244 Å². The van der Waals surface area contributed by atoms with Gasteiger partial charge in [-0.05, 0) is 139 Å². The van der Waals surface area contributed by atoms with Crippen molar-refractivity contribution in [3.05, 3.63) is 81.9 Å². The maximum absolute atomic E-state index is 11.5. The maximum atomic E-state index is 11.5. The van der Waals surface area contributed by atoms with Gasteiger partial charge in [0.2, 0.25) is 0 Å².